The number of hydrogen-bond donors (Lipinski definition) is 0. The summed E-state index contributed by atoms with van der Waals surface area (Å²) in [5.74, 6) is -1.18. The molecule has 0 radical (unpaired) electrons. The molecule has 0 unspecified atom stereocenters. The fourth-order valence-electron chi connectivity index (χ4n) is 2.75. The lowest BCUT2D eigenvalue weighted by atomic mass is 10.0. The van der Waals surface area contributed by atoms with Gasteiger partial charge in [0.1, 0.15) is 24.4 Å². The van der Waals surface area contributed by atoms with Gasteiger partial charge in [-0.05, 0) is 27.7 Å². The van der Waals surface area contributed by atoms with Gasteiger partial charge in [-0.1, -0.05) is 0 Å². The normalized spacial score (nSPS) is 35.1. The van der Waals surface area contributed by atoms with Crippen LogP contribution in [0.3, 0.4) is 0 Å². The second-order valence-corrected chi connectivity index (χ2v) is 6.13. The van der Waals surface area contributed by atoms with Crippen LogP contribution in [-0.4, -0.2) is 63.4 Å². The van der Waals surface area contributed by atoms with E-state index in [2.05, 4.69) is 0 Å². The predicted molar refractivity (Wildman–Crippen MR) is 71.4 cm³/mol. The summed E-state index contributed by atoms with van der Waals surface area (Å²) in [5.41, 5.74) is 0. The molecule has 2 rings (SSSR count). The average Bonchev–Trinajstić information content (AvgIpc) is 2.88. The van der Waals surface area contributed by atoms with Gasteiger partial charge < -0.3 is 28.4 Å². The van der Waals surface area contributed by atoms with Crippen LogP contribution >= 0.6 is 0 Å². The first-order chi connectivity index (χ1) is 9.28. The molecule has 0 saturated carbocycles. The van der Waals surface area contributed by atoms with Crippen molar-refractivity contribution < 1.29 is 28.4 Å². The largest absolute Gasteiger partial charge is 0.376 e. The van der Waals surface area contributed by atoms with Gasteiger partial charge in [-0.25, -0.2) is 0 Å². The fraction of sp³-hybridized carbons (Fsp3) is 1.00. The van der Waals surface area contributed by atoms with E-state index < -0.39 is 11.6 Å². The van der Waals surface area contributed by atoms with E-state index in [0.717, 1.165) is 0 Å². The Morgan fingerprint density at radius 3 is 1.35 bits per heavy atom. The monoisotopic (exact) mass is 290 g/mol. The lowest BCUT2D eigenvalue weighted by Gasteiger charge is -2.32. The van der Waals surface area contributed by atoms with E-state index in [9.17, 15) is 0 Å². The van der Waals surface area contributed by atoms with Crippen LogP contribution in [-0.2, 0) is 28.4 Å². The Bertz CT molecular complexity index is 298. The standard InChI is InChI=1S/C14H26O6/c1-13(2)17-7-9(19-13)11(15-5)12(16-6)10-8-18-14(3,4)20-10/h9-12H,7-8H2,1-6H3/t9-,10-,11-,12-/m1/s1. The van der Waals surface area contributed by atoms with E-state index in [-0.39, 0.29) is 24.4 Å². The number of hydrogen-bond acceptors (Lipinski definition) is 6. The van der Waals surface area contributed by atoms with Crippen molar-refractivity contribution in [3.63, 3.8) is 0 Å². The molecule has 0 aromatic carbocycles. The zero-order valence-electron chi connectivity index (χ0n) is 13.2. The van der Waals surface area contributed by atoms with Gasteiger partial charge >= 0.3 is 0 Å². The fourth-order valence-corrected chi connectivity index (χ4v) is 2.75. The van der Waals surface area contributed by atoms with Crippen LogP contribution in [0.25, 0.3) is 0 Å². The Kier molecular flexibility index (Phi) is 4.73. The highest BCUT2D eigenvalue weighted by molar-refractivity contribution is 4.91. The van der Waals surface area contributed by atoms with E-state index in [1.807, 2.05) is 27.7 Å². The Labute approximate surface area is 120 Å². The summed E-state index contributed by atoms with van der Waals surface area (Å²) in [6, 6.07) is 0. The van der Waals surface area contributed by atoms with Gasteiger partial charge in [-0.3, -0.25) is 0 Å². The molecular weight excluding hydrogens is 264 g/mol. The van der Waals surface area contributed by atoms with Gasteiger partial charge in [0, 0.05) is 14.2 Å². The molecule has 0 aromatic heterocycles. The maximum Gasteiger partial charge on any atom is 0.163 e. The predicted octanol–water partition coefficient (Wildman–Crippen LogP) is 1.32. The van der Waals surface area contributed by atoms with Crippen molar-refractivity contribution in [2.45, 2.75) is 63.7 Å². The number of methoxy groups -OCH3 is 2. The van der Waals surface area contributed by atoms with Crippen LogP contribution in [0.4, 0.5) is 0 Å². The Morgan fingerprint density at radius 2 is 1.15 bits per heavy atom. The average molecular weight is 290 g/mol. The van der Waals surface area contributed by atoms with Crippen molar-refractivity contribution in [3.8, 4) is 0 Å². The highest BCUT2D eigenvalue weighted by Gasteiger charge is 2.47. The second kappa shape index (κ2) is 5.87. The van der Waals surface area contributed by atoms with E-state index >= 15 is 0 Å². The molecule has 20 heavy (non-hydrogen) atoms. The van der Waals surface area contributed by atoms with Crippen LogP contribution in [0.5, 0.6) is 0 Å². The van der Waals surface area contributed by atoms with E-state index in [0.29, 0.717) is 13.2 Å². The van der Waals surface area contributed by atoms with Crippen LogP contribution in [0.2, 0.25) is 0 Å². The lowest BCUT2D eigenvalue weighted by molar-refractivity contribution is -0.194. The highest BCUT2D eigenvalue weighted by Crippen LogP contribution is 2.31. The molecule has 2 fully saturated rings. The first kappa shape index (κ1) is 16.1. The SMILES string of the molecule is CO[C@@H]([C@H](OC)[C@H]1COC(C)(C)O1)[C@H]1COC(C)(C)O1. The molecule has 0 bridgehead atoms. The van der Waals surface area contributed by atoms with Crippen LogP contribution in [0.15, 0.2) is 0 Å². The molecule has 2 aliphatic rings. The van der Waals surface area contributed by atoms with Crippen molar-refractivity contribution in [1.29, 1.82) is 0 Å². The summed E-state index contributed by atoms with van der Waals surface area (Å²) < 4.78 is 34.1. The topological polar surface area (TPSA) is 55.4 Å². The summed E-state index contributed by atoms with van der Waals surface area (Å²) in [7, 11) is 3.29. The third-order valence-corrected chi connectivity index (χ3v) is 3.66. The molecule has 0 amide bonds. The molecule has 4 atom stereocenters. The molecule has 118 valence electrons. The number of ether oxygens (including phenoxy) is 6. The zero-order valence-corrected chi connectivity index (χ0v) is 13.2. The third kappa shape index (κ3) is 3.50. The van der Waals surface area contributed by atoms with Crippen LogP contribution in [0, 0.1) is 0 Å². The van der Waals surface area contributed by atoms with Gasteiger partial charge in [0.25, 0.3) is 0 Å². The minimum Gasteiger partial charge on any atom is -0.376 e. The first-order valence-electron chi connectivity index (χ1n) is 6.97. The lowest BCUT2D eigenvalue weighted by Crippen LogP contribution is -2.49. The number of rotatable bonds is 5. The van der Waals surface area contributed by atoms with Gasteiger partial charge in [-0.2, -0.15) is 0 Å². The molecular formula is C14H26O6. The maximum atomic E-state index is 5.87. The van der Waals surface area contributed by atoms with Crippen molar-refractivity contribution >= 4 is 0 Å². The Morgan fingerprint density at radius 1 is 0.800 bits per heavy atom. The molecule has 0 aliphatic carbocycles. The van der Waals surface area contributed by atoms with Crippen LogP contribution in [0.1, 0.15) is 27.7 Å². The van der Waals surface area contributed by atoms with E-state index in [4.69, 9.17) is 28.4 Å². The molecule has 2 heterocycles. The van der Waals surface area contributed by atoms with Crippen LogP contribution < -0.4 is 0 Å². The first-order valence-corrected chi connectivity index (χ1v) is 6.97. The summed E-state index contributed by atoms with van der Waals surface area (Å²) in [5, 5.41) is 0. The molecule has 6 heteroatoms. The summed E-state index contributed by atoms with van der Waals surface area (Å²) in [4.78, 5) is 0. The molecule has 0 N–H and O–H groups in total. The van der Waals surface area contributed by atoms with Gasteiger partial charge in [0.2, 0.25) is 0 Å². The van der Waals surface area contributed by atoms with Gasteiger partial charge in [0.15, 0.2) is 11.6 Å². The molecule has 2 aliphatic heterocycles. The molecule has 0 aromatic rings. The summed E-state index contributed by atoms with van der Waals surface area (Å²) in [6.45, 7) is 8.50. The quantitative estimate of drug-likeness (QED) is 0.761. The molecule has 2 saturated heterocycles. The highest BCUT2D eigenvalue weighted by atomic mass is 16.8. The van der Waals surface area contributed by atoms with Crippen molar-refractivity contribution in [3.05, 3.63) is 0 Å². The molecule has 6 nitrogen and oxygen atoms in total. The van der Waals surface area contributed by atoms with E-state index in [1.54, 1.807) is 14.2 Å². The second-order valence-electron chi connectivity index (χ2n) is 6.13. The Hall–Kier alpha value is -0.240. The van der Waals surface area contributed by atoms with E-state index in [1.165, 1.54) is 0 Å². The molecule has 0 spiro atoms. The maximum absolute atomic E-state index is 5.87. The smallest absolute Gasteiger partial charge is 0.163 e. The third-order valence-electron chi connectivity index (χ3n) is 3.66. The Balaban J connectivity index is 2.05. The summed E-state index contributed by atoms with van der Waals surface area (Å²) >= 11 is 0. The van der Waals surface area contributed by atoms with Crippen molar-refractivity contribution in [2.24, 2.45) is 0 Å². The minimum absolute atomic E-state index is 0.188. The van der Waals surface area contributed by atoms with Gasteiger partial charge in [0.05, 0.1) is 13.2 Å². The van der Waals surface area contributed by atoms with Crippen molar-refractivity contribution in [1.82, 2.24) is 0 Å². The van der Waals surface area contributed by atoms with Crippen molar-refractivity contribution in [2.75, 3.05) is 27.4 Å². The zero-order chi connectivity index (χ0) is 15.0. The summed E-state index contributed by atoms with van der Waals surface area (Å²) in [6.07, 6.45) is -0.923. The van der Waals surface area contributed by atoms with Gasteiger partial charge in [-0.15, -0.1) is 0 Å². The minimum atomic E-state index is -0.591.